The average molecular weight is 447 g/mol. The van der Waals surface area contributed by atoms with E-state index in [1.54, 1.807) is 10.6 Å². The fraction of sp³-hybridized carbons (Fsp3) is 0.500. The number of para-hydroxylation sites is 1. The molecule has 0 amide bonds. The van der Waals surface area contributed by atoms with Crippen LogP contribution in [0, 0.1) is 6.92 Å². The van der Waals surface area contributed by atoms with Crippen LogP contribution in [0.25, 0.3) is 16.8 Å². The van der Waals surface area contributed by atoms with Gasteiger partial charge in [-0.15, -0.1) is 0 Å². The van der Waals surface area contributed by atoms with Gasteiger partial charge in [-0.1, -0.05) is 90.1 Å². The van der Waals surface area contributed by atoms with Gasteiger partial charge in [0.25, 0.3) is 0 Å². The van der Waals surface area contributed by atoms with Crippen molar-refractivity contribution in [2.24, 2.45) is 0 Å². The van der Waals surface area contributed by atoms with Gasteiger partial charge in [-0.25, -0.2) is 0 Å². The Kier molecular flexibility index (Phi) is 6.13. The third kappa shape index (κ3) is 4.31. The molecule has 0 saturated heterocycles. The highest BCUT2D eigenvalue weighted by molar-refractivity contribution is 7.09. The molecule has 1 aliphatic carbocycles. The molecule has 1 heterocycles. The highest BCUT2D eigenvalue weighted by Crippen LogP contribution is 2.39. The fourth-order valence-electron chi connectivity index (χ4n) is 5.02. The third-order valence-electron chi connectivity index (χ3n) is 7.14. The molecule has 0 spiro atoms. The quantitative estimate of drug-likeness (QED) is 0.355. The van der Waals surface area contributed by atoms with Gasteiger partial charge in [0, 0.05) is 12.0 Å². The second kappa shape index (κ2) is 8.45. The van der Waals surface area contributed by atoms with Crippen LogP contribution in [-0.2, 0) is 17.3 Å². The van der Waals surface area contributed by atoms with Crippen LogP contribution in [-0.4, -0.2) is 0 Å². The Morgan fingerprint density at radius 3 is 2.22 bits per heavy atom. The first-order valence-corrected chi connectivity index (χ1v) is 13.2. The van der Waals surface area contributed by atoms with Gasteiger partial charge in [-0.3, -0.25) is 0 Å². The molecular weight excluding hydrogens is 406 g/mol. The first-order valence-electron chi connectivity index (χ1n) is 12.3. The lowest BCUT2D eigenvalue weighted by molar-refractivity contribution is -0.599. The Bertz CT molecular complexity index is 1090. The van der Waals surface area contributed by atoms with Crippen molar-refractivity contribution in [1.29, 1.82) is 0 Å². The molecule has 0 N–H and O–H groups in total. The van der Waals surface area contributed by atoms with Gasteiger partial charge >= 0.3 is 0 Å². The zero-order chi connectivity index (χ0) is 23.3. The molecule has 1 atom stereocenters. The minimum atomic E-state index is 0.114. The highest BCUT2D eigenvalue weighted by Gasteiger charge is 2.32. The zero-order valence-corrected chi connectivity index (χ0v) is 22.1. The number of aromatic nitrogens is 1. The summed E-state index contributed by atoms with van der Waals surface area (Å²) in [6.07, 6.45) is 5.08. The van der Waals surface area contributed by atoms with Crippen molar-refractivity contribution in [1.82, 2.24) is 0 Å². The number of benzene rings is 2. The zero-order valence-electron chi connectivity index (χ0n) is 21.3. The van der Waals surface area contributed by atoms with E-state index in [-0.39, 0.29) is 10.8 Å². The summed E-state index contributed by atoms with van der Waals surface area (Å²) in [4.78, 5) is 1.62. The normalized spacial score (nSPS) is 16.8. The average Bonchev–Trinajstić information content (AvgIpc) is 3.16. The lowest BCUT2D eigenvalue weighted by atomic mass is 9.78. The van der Waals surface area contributed by atoms with Crippen LogP contribution in [0.5, 0.6) is 0 Å². The number of aryl methyl sites for hydroxylation is 1. The molecule has 2 heteroatoms. The first kappa shape index (κ1) is 23.2. The summed E-state index contributed by atoms with van der Waals surface area (Å²) >= 11 is 1.97. The Hall–Kier alpha value is -1.93. The van der Waals surface area contributed by atoms with Gasteiger partial charge in [0.05, 0.1) is 10.4 Å². The van der Waals surface area contributed by atoms with Crippen molar-refractivity contribution >= 4 is 11.3 Å². The van der Waals surface area contributed by atoms with E-state index in [0.29, 0.717) is 0 Å². The number of hydrogen-bond donors (Lipinski definition) is 0. The molecule has 32 heavy (non-hydrogen) atoms. The highest BCUT2D eigenvalue weighted by atomic mass is 32.1. The van der Waals surface area contributed by atoms with E-state index in [0.717, 1.165) is 5.92 Å². The van der Waals surface area contributed by atoms with E-state index in [2.05, 4.69) is 102 Å². The van der Waals surface area contributed by atoms with Gasteiger partial charge < -0.3 is 0 Å². The fourth-order valence-corrected chi connectivity index (χ4v) is 6.29. The Morgan fingerprint density at radius 2 is 1.62 bits per heavy atom. The smallest absolute Gasteiger partial charge is 0.153 e. The number of hydrogen-bond acceptors (Lipinski definition) is 1. The maximum atomic E-state index is 2.53. The van der Waals surface area contributed by atoms with E-state index >= 15 is 0 Å². The summed E-state index contributed by atoms with van der Waals surface area (Å²) in [5.41, 5.74) is 12.4. The van der Waals surface area contributed by atoms with Gasteiger partial charge in [-0.2, -0.15) is 4.57 Å². The van der Waals surface area contributed by atoms with Gasteiger partial charge in [-0.05, 0) is 65.7 Å². The Balaban J connectivity index is 1.96. The summed E-state index contributed by atoms with van der Waals surface area (Å²) in [5.74, 6) is 0.731. The lowest BCUT2D eigenvalue weighted by Gasteiger charge is -2.26. The van der Waals surface area contributed by atoms with Crippen LogP contribution in [0.1, 0.15) is 101 Å². The molecule has 170 valence electrons. The summed E-state index contributed by atoms with van der Waals surface area (Å²) in [6, 6.07) is 14.1. The van der Waals surface area contributed by atoms with Crippen LogP contribution in [0.15, 0.2) is 41.9 Å². The first-order chi connectivity index (χ1) is 15.0. The largest absolute Gasteiger partial charge is 0.231 e. The molecule has 2 aromatic carbocycles. The molecular formula is C30H40NS+. The van der Waals surface area contributed by atoms with E-state index in [1.807, 2.05) is 11.3 Å². The molecule has 4 rings (SSSR count). The van der Waals surface area contributed by atoms with Gasteiger partial charge in [0.1, 0.15) is 0 Å². The molecule has 0 saturated carbocycles. The van der Waals surface area contributed by atoms with Crippen LogP contribution in [0.3, 0.4) is 0 Å². The van der Waals surface area contributed by atoms with E-state index in [9.17, 15) is 0 Å². The number of nitrogens with zero attached hydrogens (tertiary/aromatic N) is 1. The summed E-state index contributed by atoms with van der Waals surface area (Å²) in [6.45, 7) is 18.6. The Labute approximate surface area is 199 Å². The SMILES string of the molecule is CCC1CCCc2c1sc[n+]2-c1c(C)cccc1-c1cc(C(C)(C)C)cc(C(C)(C)C)c1. The number of fused-ring (bicyclic) bond motifs is 1. The molecule has 1 aromatic heterocycles. The van der Waals surface area contributed by atoms with E-state index < -0.39 is 0 Å². The monoisotopic (exact) mass is 446 g/mol. The minimum Gasteiger partial charge on any atom is -0.153 e. The van der Waals surface area contributed by atoms with Crippen LogP contribution in [0.4, 0.5) is 0 Å². The predicted octanol–water partition coefficient (Wildman–Crippen LogP) is 8.43. The number of thiazole rings is 1. The van der Waals surface area contributed by atoms with Crippen molar-refractivity contribution in [2.75, 3.05) is 0 Å². The summed E-state index contributed by atoms with van der Waals surface area (Å²) in [5, 5.41) is 0. The molecule has 1 nitrogen and oxygen atoms in total. The topological polar surface area (TPSA) is 3.88 Å². The molecule has 0 bridgehead atoms. The van der Waals surface area contributed by atoms with E-state index in [4.69, 9.17) is 0 Å². The number of rotatable bonds is 3. The van der Waals surface area contributed by atoms with Crippen LogP contribution < -0.4 is 4.57 Å². The lowest BCUT2D eigenvalue weighted by Crippen LogP contribution is -2.36. The van der Waals surface area contributed by atoms with E-state index in [1.165, 1.54) is 59.2 Å². The van der Waals surface area contributed by atoms with Crippen molar-refractivity contribution in [2.45, 2.75) is 97.8 Å². The van der Waals surface area contributed by atoms with Crippen LogP contribution >= 0.6 is 11.3 Å². The van der Waals surface area contributed by atoms with Crippen molar-refractivity contribution < 1.29 is 4.57 Å². The predicted molar refractivity (Wildman–Crippen MR) is 139 cm³/mol. The van der Waals surface area contributed by atoms with Gasteiger partial charge in [0.2, 0.25) is 16.9 Å². The van der Waals surface area contributed by atoms with Gasteiger partial charge in [0.15, 0.2) is 0 Å². The second-order valence-corrected chi connectivity index (χ2v) is 12.6. The Morgan fingerprint density at radius 1 is 0.969 bits per heavy atom. The second-order valence-electron chi connectivity index (χ2n) is 11.7. The maximum absolute atomic E-state index is 2.53. The molecule has 1 unspecified atom stereocenters. The van der Waals surface area contributed by atoms with Crippen molar-refractivity contribution in [3.63, 3.8) is 0 Å². The third-order valence-corrected chi connectivity index (χ3v) is 8.28. The minimum absolute atomic E-state index is 0.114. The molecule has 1 aliphatic rings. The molecule has 0 aliphatic heterocycles. The molecule has 0 radical (unpaired) electrons. The maximum Gasteiger partial charge on any atom is 0.231 e. The molecule has 0 fully saturated rings. The van der Waals surface area contributed by atoms with Crippen LogP contribution in [0.2, 0.25) is 0 Å². The van der Waals surface area contributed by atoms with Crippen molar-refractivity contribution in [3.05, 3.63) is 69.2 Å². The molecule has 3 aromatic rings. The van der Waals surface area contributed by atoms with Crippen molar-refractivity contribution in [3.8, 4) is 16.8 Å². The summed E-state index contributed by atoms with van der Waals surface area (Å²) in [7, 11) is 0. The standard InChI is InChI=1S/C30H40NS/c1-9-21-13-11-15-26-28(21)32-19-31(26)27-20(2)12-10-14-25(27)22-16-23(29(3,4)5)18-24(17-22)30(6,7)8/h10,12,14,16-19,21H,9,11,13,15H2,1-8H3/q+1. The summed E-state index contributed by atoms with van der Waals surface area (Å²) < 4.78 is 2.53.